The van der Waals surface area contributed by atoms with Gasteiger partial charge in [0.05, 0.1) is 0 Å². The Bertz CT molecular complexity index is 247. The van der Waals surface area contributed by atoms with Gasteiger partial charge in [0.2, 0.25) is 0 Å². The third kappa shape index (κ3) is 3.24. The molecule has 0 amide bonds. The Morgan fingerprint density at radius 3 is 1.62 bits per heavy atom. The normalized spacial score (nSPS) is 20.0. The summed E-state index contributed by atoms with van der Waals surface area (Å²) in [7, 11) is 0. The van der Waals surface area contributed by atoms with Crippen molar-refractivity contribution >= 4 is 0 Å². The first-order valence-corrected chi connectivity index (χ1v) is 6.32. The van der Waals surface area contributed by atoms with E-state index in [0.717, 1.165) is 26.2 Å². The third-order valence-electron chi connectivity index (χ3n) is 3.48. The fourth-order valence-corrected chi connectivity index (χ4v) is 2.12. The van der Waals surface area contributed by atoms with Gasteiger partial charge in [-0.05, 0) is 20.8 Å². The lowest BCUT2D eigenvalue weighted by atomic mass is 9.91. The van der Waals surface area contributed by atoms with Crippen molar-refractivity contribution in [2.45, 2.75) is 47.1 Å². The largest absolute Gasteiger partial charge is 0.372 e. The molecule has 0 aromatic heterocycles. The van der Waals surface area contributed by atoms with Crippen LogP contribution in [-0.2, 0) is 0 Å². The molecule has 1 aliphatic rings. The number of allylic oxidation sites excluding steroid dienone is 1. The second kappa shape index (κ2) is 4.40. The van der Waals surface area contributed by atoms with Crippen molar-refractivity contribution in [2.75, 3.05) is 26.2 Å². The standard InChI is InChI=1S/C14H28N2/c1-12(13(2,3)4)15-8-10-16(11-9-15)14(5,6)7/h1,8-11H2,2-7H3. The van der Waals surface area contributed by atoms with Crippen LogP contribution in [-0.4, -0.2) is 41.5 Å². The summed E-state index contributed by atoms with van der Waals surface area (Å²) in [6.45, 7) is 22.4. The van der Waals surface area contributed by atoms with Crippen LogP contribution in [0.25, 0.3) is 0 Å². The van der Waals surface area contributed by atoms with Crippen LogP contribution in [0.2, 0.25) is 0 Å². The maximum absolute atomic E-state index is 4.24. The molecule has 0 unspecified atom stereocenters. The molecule has 1 fully saturated rings. The van der Waals surface area contributed by atoms with Crippen LogP contribution in [0.3, 0.4) is 0 Å². The van der Waals surface area contributed by atoms with Crippen molar-refractivity contribution in [3.63, 3.8) is 0 Å². The molecule has 1 aliphatic heterocycles. The molecule has 0 bridgehead atoms. The van der Waals surface area contributed by atoms with Crippen molar-refractivity contribution in [3.05, 3.63) is 12.3 Å². The van der Waals surface area contributed by atoms with E-state index in [0.29, 0.717) is 5.54 Å². The highest BCUT2D eigenvalue weighted by molar-refractivity contribution is 5.05. The van der Waals surface area contributed by atoms with Crippen molar-refractivity contribution in [1.82, 2.24) is 9.80 Å². The van der Waals surface area contributed by atoms with E-state index < -0.39 is 0 Å². The van der Waals surface area contributed by atoms with Crippen molar-refractivity contribution < 1.29 is 0 Å². The topological polar surface area (TPSA) is 6.48 Å². The summed E-state index contributed by atoms with van der Waals surface area (Å²) in [5, 5.41) is 0. The Morgan fingerprint density at radius 2 is 1.31 bits per heavy atom. The Morgan fingerprint density at radius 1 is 0.875 bits per heavy atom. The lowest BCUT2D eigenvalue weighted by molar-refractivity contribution is 0.0684. The molecule has 2 heteroatoms. The first-order valence-electron chi connectivity index (χ1n) is 6.32. The van der Waals surface area contributed by atoms with Crippen LogP contribution in [0.1, 0.15) is 41.5 Å². The predicted molar refractivity (Wildman–Crippen MR) is 71.5 cm³/mol. The molecule has 1 rings (SSSR count). The summed E-state index contributed by atoms with van der Waals surface area (Å²) < 4.78 is 0. The van der Waals surface area contributed by atoms with E-state index in [1.807, 2.05) is 0 Å². The van der Waals surface area contributed by atoms with E-state index in [-0.39, 0.29) is 5.41 Å². The lowest BCUT2D eigenvalue weighted by Crippen LogP contribution is -2.53. The highest BCUT2D eigenvalue weighted by Gasteiger charge is 2.28. The van der Waals surface area contributed by atoms with E-state index in [1.54, 1.807) is 0 Å². The van der Waals surface area contributed by atoms with Gasteiger partial charge in [0.15, 0.2) is 0 Å². The fourth-order valence-electron chi connectivity index (χ4n) is 2.12. The second-order valence-electron chi connectivity index (χ2n) is 6.84. The van der Waals surface area contributed by atoms with Gasteiger partial charge in [-0.1, -0.05) is 27.4 Å². The highest BCUT2D eigenvalue weighted by Crippen LogP contribution is 2.28. The van der Waals surface area contributed by atoms with Gasteiger partial charge in [-0.15, -0.1) is 0 Å². The van der Waals surface area contributed by atoms with Gasteiger partial charge < -0.3 is 4.90 Å². The first kappa shape index (κ1) is 13.6. The molecule has 0 saturated carbocycles. The summed E-state index contributed by atoms with van der Waals surface area (Å²) in [5.41, 5.74) is 1.78. The van der Waals surface area contributed by atoms with E-state index in [4.69, 9.17) is 0 Å². The van der Waals surface area contributed by atoms with Crippen molar-refractivity contribution in [2.24, 2.45) is 5.41 Å². The summed E-state index contributed by atoms with van der Waals surface area (Å²) in [6, 6.07) is 0. The number of nitrogens with zero attached hydrogens (tertiary/aromatic N) is 2. The van der Waals surface area contributed by atoms with Crippen LogP contribution in [0.4, 0.5) is 0 Å². The molecule has 1 heterocycles. The van der Waals surface area contributed by atoms with Crippen LogP contribution in [0.5, 0.6) is 0 Å². The van der Waals surface area contributed by atoms with Gasteiger partial charge in [0.25, 0.3) is 0 Å². The Balaban J connectivity index is 2.53. The first-order chi connectivity index (χ1) is 7.12. The van der Waals surface area contributed by atoms with Gasteiger partial charge in [-0.3, -0.25) is 4.90 Å². The zero-order valence-corrected chi connectivity index (χ0v) is 11.9. The van der Waals surface area contributed by atoms with Gasteiger partial charge in [0.1, 0.15) is 0 Å². The molecule has 0 aromatic carbocycles. The van der Waals surface area contributed by atoms with Gasteiger partial charge >= 0.3 is 0 Å². The molecule has 1 saturated heterocycles. The molecule has 0 aliphatic carbocycles. The molecule has 0 aromatic rings. The van der Waals surface area contributed by atoms with E-state index in [2.05, 4.69) is 57.9 Å². The van der Waals surface area contributed by atoms with Crippen LogP contribution >= 0.6 is 0 Å². The van der Waals surface area contributed by atoms with Gasteiger partial charge in [-0.25, -0.2) is 0 Å². The number of hydrogen-bond donors (Lipinski definition) is 0. The van der Waals surface area contributed by atoms with E-state index in [1.165, 1.54) is 5.70 Å². The summed E-state index contributed by atoms with van der Waals surface area (Å²) >= 11 is 0. The zero-order chi connectivity index (χ0) is 12.6. The Labute approximate surface area is 101 Å². The molecule has 0 radical (unpaired) electrons. The molecule has 2 nitrogen and oxygen atoms in total. The van der Waals surface area contributed by atoms with Crippen molar-refractivity contribution in [3.8, 4) is 0 Å². The van der Waals surface area contributed by atoms with Crippen LogP contribution in [0, 0.1) is 5.41 Å². The molecule has 0 spiro atoms. The third-order valence-corrected chi connectivity index (χ3v) is 3.48. The molecular formula is C14H28N2. The number of rotatable bonds is 1. The number of hydrogen-bond acceptors (Lipinski definition) is 2. The SMILES string of the molecule is C=C(N1CCN(C(C)(C)C)CC1)C(C)(C)C. The highest BCUT2D eigenvalue weighted by atomic mass is 15.3. The monoisotopic (exact) mass is 224 g/mol. The van der Waals surface area contributed by atoms with E-state index >= 15 is 0 Å². The van der Waals surface area contributed by atoms with Crippen LogP contribution < -0.4 is 0 Å². The number of piperazine rings is 1. The van der Waals surface area contributed by atoms with Crippen molar-refractivity contribution in [1.29, 1.82) is 0 Å². The minimum atomic E-state index is 0.198. The van der Waals surface area contributed by atoms with Crippen LogP contribution in [0.15, 0.2) is 12.3 Å². The maximum Gasteiger partial charge on any atom is 0.0303 e. The Kier molecular flexibility index (Phi) is 3.73. The molecule has 0 N–H and O–H groups in total. The molecule has 0 atom stereocenters. The summed E-state index contributed by atoms with van der Waals surface area (Å²) in [4.78, 5) is 5.00. The smallest absolute Gasteiger partial charge is 0.0303 e. The lowest BCUT2D eigenvalue weighted by Gasteiger charge is -2.45. The predicted octanol–water partition coefficient (Wildman–Crippen LogP) is 2.96. The Hall–Kier alpha value is -0.500. The minimum Gasteiger partial charge on any atom is -0.372 e. The van der Waals surface area contributed by atoms with Gasteiger partial charge in [0, 0.05) is 42.8 Å². The second-order valence-corrected chi connectivity index (χ2v) is 6.84. The molecule has 16 heavy (non-hydrogen) atoms. The molecular weight excluding hydrogens is 196 g/mol. The average Bonchev–Trinajstić information content (AvgIpc) is 2.14. The summed E-state index contributed by atoms with van der Waals surface area (Å²) in [6.07, 6.45) is 0. The van der Waals surface area contributed by atoms with E-state index in [9.17, 15) is 0 Å². The average molecular weight is 224 g/mol. The quantitative estimate of drug-likeness (QED) is 0.675. The minimum absolute atomic E-state index is 0.198. The van der Waals surface area contributed by atoms with Gasteiger partial charge in [-0.2, -0.15) is 0 Å². The maximum atomic E-state index is 4.24. The summed E-state index contributed by atoms with van der Waals surface area (Å²) in [5.74, 6) is 0. The molecule has 94 valence electrons. The fraction of sp³-hybridized carbons (Fsp3) is 0.857. The zero-order valence-electron chi connectivity index (χ0n) is 11.9.